The fraction of sp³-hybridized carbons (Fsp3) is 0.385. The Bertz CT molecular complexity index is 468. The average molecular weight is 247 g/mol. The Labute approximate surface area is 106 Å². The molecule has 0 amide bonds. The molecule has 2 aromatic rings. The minimum atomic E-state index is 0.830. The van der Waals surface area contributed by atoms with Gasteiger partial charge in [-0.05, 0) is 32.3 Å². The fourth-order valence-electron chi connectivity index (χ4n) is 1.89. The first-order valence-electron chi connectivity index (χ1n) is 5.70. The minimum Gasteiger partial charge on any atom is -0.316 e. The molecule has 17 heavy (non-hydrogen) atoms. The van der Waals surface area contributed by atoms with Crippen molar-refractivity contribution in [2.24, 2.45) is 0 Å². The summed E-state index contributed by atoms with van der Waals surface area (Å²) in [5.74, 6) is 0.919. The second kappa shape index (κ2) is 5.38. The van der Waals surface area contributed by atoms with Crippen LogP contribution in [-0.4, -0.2) is 17.0 Å². The second-order valence-electron chi connectivity index (χ2n) is 4.08. The van der Waals surface area contributed by atoms with Crippen LogP contribution in [0.25, 0.3) is 0 Å². The van der Waals surface area contributed by atoms with Gasteiger partial charge in [-0.25, -0.2) is 9.97 Å². The summed E-state index contributed by atoms with van der Waals surface area (Å²) in [6.45, 7) is 4.94. The monoisotopic (exact) mass is 247 g/mol. The lowest BCUT2D eigenvalue weighted by molar-refractivity contribution is 0.774. The van der Waals surface area contributed by atoms with Crippen molar-refractivity contribution < 1.29 is 0 Å². The molecule has 0 spiro atoms. The van der Waals surface area contributed by atoms with Crippen molar-refractivity contribution in [2.75, 3.05) is 7.05 Å². The lowest BCUT2D eigenvalue weighted by Gasteiger charge is -2.09. The van der Waals surface area contributed by atoms with Crippen LogP contribution < -0.4 is 5.32 Å². The van der Waals surface area contributed by atoms with Gasteiger partial charge >= 0.3 is 0 Å². The highest BCUT2D eigenvalue weighted by atomic mass is 32.1. The minimum absolute atomic E-state index is 0.830. The topological polar surface area (TPSA) is 37.8 Å². The highest BCUT2D eigenvalue weighted by Crippen LogP contribution is 2.15. The molecule has 0 radical (unpaired) electrons. The lowest BCUT2D eigenvalue weighted by Crippen LogP contribution is -2.12. The number of aryl methyl sites for hydroxylation is 2. The van der Waals surface area contributed by atoms with E-state index in [4.69, 9.17) is 0 Å². The average Bonchev–Trinajstić information content (AvgIpc) is 2.76. The van der Waals surface area contributed by atoms with Gasteiger partial charge < -0.3 is 5.32 Å². The van der Waals surface area contributed by atoms with Gasteiger partial charge in [0.2, 0.25) is 0 Å². The Hall–Kier alpha value is -1.26. The van der Waals surface area contributed by atoms with E-state index in [1.165, 1.54) is 10.4 Å². The van der Waals surface area contributed by atoms with Crippen molar-refractivity contribution in [3.8, 4) is 0 Å². The highest BCUT2D eigenvalue weighted by Gasteiger charge is 2.08. The van der Waals surface area contributed by atoms with Crippen molar-refractivity contribution in [1.29, 1.82) is 0 Å². The number of nitrogens with one attached hydrogen (secondary N) is 1. The molecular formula is C13H17N3S. The van der Waals surface area contributed by atoms with Crippen LogP contribution in [0.2, 0.25) is 0 Å². The number of hydrogen-bond donors (Lipinski definition) is 1. The predicted molar refractivity (Wildman–Crippen MR) is 71.4 cm³/mol. The van der Waals surface area contributed by atoms with Gasteiger partial charge in [0.1, 0.15) is 5.82 Å². The van der Waals surface area contributed by atoms with E-state index in [0.717, 1.165) is 30.2 Å². The van der Waals surface area contributed by atoms with Crippen LogP contribution >= 0.6 is 11.3 Å². The van der Waals surface area contributed by atoms with Crippen LogP contribution in [-0.2, 0) is 13.0 Å². The number of aromatic nitrogens is 2. The van der Waals surface area contributed by atoms with E-state index in [9.17, 15) is 0 Å². The molecule has 3 nitrogen and oxygen atoms in total. The van der Waals surface area contributed by atoms with Gasteiger partial charge in [0.05, 0.1) is 0 Å². The molecule has 90 valence electrons. The van der Waals surface area contributed by atoms with E-state index in [1.807, 2.05) is 7.05 Å². The zero-order valence-electron chi connectivity index (χ0n) is 10.4. The Morgan fingerprint density at radius 1 is 1.24 bits per heavy atom. The van der Waals surface area contributed by atoms with E-state index in [1.54, 1.807) is 11.3 Å². The molecular weight excluding hydrogens is 230 g/mol. The van der Waals surface area contributed by atoms with Gasteiger partial charge in [-0.15, -0.1) is 11.3 Å². The van der Waals surface area contributed by atoms with Crippen molar-refractivity contribution in [3.05, 3.63) is 45.2 Å². The molecule has 1 N–H and O–H groups in total. The third-order valence-corrected chi connectivity index (χ3v) is 3.61. The fourth-order valence-corrected chi connectivity index (χ4v) is 2.59. The molecule has 4 heteroatoms. The molecule has 2 aromatic heterocycles. The van der Waals surface area contributed by atoms with Crippen LogP contribution in [0.3, 0.4) is 0 Å². The first-order valence-corrected chi connectivity index (χ1v) is 6.58. The van der Waals surface area contributed by atoms with E-state index in [-0.39, 0.29) is 0 Å². The normalized spacial score (nSPS) is 10.8. The van der Waals surface area contributed by atoms with Crippen LogP contribution in [0.1, 0.15) is 27.7 Å². The Balaban J connectivity index is 2.25. The summed E-state index contributed by atoms with van der Waals surface area (Å²) in [5, 5.41) is 5.24. The van der Waals surface area contributed by atoms with Crippen molar-refractivity contribution >= 4 is 11.3 Å². The van der Waals surface area contributed by atoms with Crippen LogP contribution in [0, 0.1) is 13.8 Å². The smallest absolute Gasteiger partial charge is 0.134 e. The highest BCUT2D eigenvalue weighted by molar-refractivity contribution is 7.09. The molecule has 0 bridgehead atoms. The van der Waals surface area contributed by atoms with E-state index >= 15 is 0 Å². The van der Waals surface area contributed by atoms with Gasteiger partial charge in [0.25, 0.3) is 0 Å². The summed E-state index contributed by atoms with van der Waals surface area (Å²) in [6.07, 6.45) is 0.833. The summed E-state index contributed by atoms with van der Waals surface area (Å²) in [7, 11) is 1.94. The summed E-state index contributed by atoms with van der Waals surface area (Å²) >= 11 is 1.75. The molecule has 0 aliphatic carbocycles. The molecule has 0 unspecified atom stereocenters. The van der Waals surface area contributed by atoms with Crippen molar-refractivity contribution in [2.45, 2.75) is 26.8 Å². The molecule has 2 rings (SSSR count). The van der Waals surface area contributed by atoms with Gasteiger partial charge in [0, 0.05) is 34.8 Å². The van der Waals surface area contributed by atoms with Gasteiger partial charge in [-0.1, -0.05) is 6.07 Å². The molecule has 2 heterocycles. The van der Waals surface area contributed by atoms with E-state index in [2.05, 4.69) is 46.6 Å². The Kier molecular flexibility index (Phi) is 3.86. The third-order valence-electron chi connectivity index (χ3n) is 2.73. The number of hydrogen-bond acceptors (Lipinski definition) is 4. The van der Waals surface area contributed by atoms with Crippen molar-refractivity contribution in [1.82, 2.24) is 15.3 Å². The van der Waals surface area contributed by atoms with Crippen LogP contribution in [0.15, 0.2) is 17.5 Å². The zero-order valence-corrected chi connectivity index (χ0v) is 11.3. The van der Waals surface area contributed by atoms with Gasteiger partial charge in [0.15, 0.2) is 0 Å². The SMILES string of the molecule is CNCc1c(C)nc(Cc2cccs2)nc1C. The van der Waals surface area contributed by atoms with Gasteiger partial charge in [-0.3, -0.25) is 0 Å². The first kappa shape index (κ1) is 12.2. The number of rotatable bonds is 4. The maximum absolute atomic E-state index is 4.58. The molecule has 0 aliphatic heterocycles. The molecule has 0 saturated carbocycles. The molecule has 0 aromatic carbocycles. The summed E-state index contributed by atoms with van der Waals surface area (Å²) in [5.41, 5.74) is 3.37. The van der Waals surface area contributed by atoms with E-state index in [0.29, 0.717) is 0 Å². The molecule has 0 aliphatic rings. The molecule has 0 saturated heterocycles. The quantitative estimate of drug-likeness (QED) is 0.902. The lowest BCUT2D eigenvalue weighted by atomic mass is 10.1. The maximum Gasteiger partial charge on any atom is 0.134 e. The number of nitrogens with zero attached hydrogens (tertiary/aromatic N) is 2. The Morgan fingerprint density at radius 2 is 1.94 bits per heavy atom. The third kappa shape index (κ3) is 2.90. The second-order valence-corrected chi connectivity index (χ2v) is 5.11. The van der Waals surface area contributed by atoms with Gasteiger partial charge in [-0.2, -0.15) is 0 Å². The van der Waals surface area contributed by atoms with Crippen LogP contribution in [0.4, 0.5) is 0 Å². The van der Waals surface area contributed by atoms with Crippen LogP contribution in [0.5, 0.6) is 0 Å². The van der Waals surface area contributed by atoms with E-state index < -0.39 is 0 Å². The predicted octanol–water partition coefficient (Wildman–Crippen LogP) is 2.47. The summed E-state index contributed by atoms with van der Waals surface area (Å²) in [4.78, 5) is 10.5. The first-order chi connectivity index (χ1) is 8.20. The summed E-state index contributed by atoms with van der Waals surface area (Å²) < 4.78 is 0. The Morgan fingerprint density at radius 3 is 2.47 bits per heavy atom. The summed E-state index contributed by atoms with van der Waals surface area (Å²) in [6, 6.07) is 4.19. The molecule has 0 fully saturated rings. The molecule has 0 atom stereocenters. The number of thiophene rings is 1. The largest absolute Gasteiger partial charge is 0.316 e. The maximum atomic E-state index is 4.58. The standard InChI is InChI=1S/C13H17N3S/c1-9-12(8-14-3)10(2)16-13(15-9)7-11-5-4-6-17-11/h4-6,14H,7-8H2,1-3H3. The zero-order chi connectivity index (χ0) is 12.3. The van der Waals surface area contributed by atoms with Crippen molar-refractivity contribution in [3.63, 3.8) is 0 Å².